The second kappa shape index (κ2) is 11.2. The van der Waals surface area contributed by atoms with Crippen molar-refractivity contribution in [2.24, 2.45) is 5.73 Å². The van der Waals surface area contributed by atoms with Gasteiger partial charge < -0.3 is 20.3 Å². The number of carbonyl (C=O) groups excluding carboxylic acids is 1. The van der Waals surface area contributed by atoms with Crippen molar-refractivity contribution >= 4 is 41.5 Å². The summed E-state index contributed by atoms with van der Waals surface area (Å²) in [6.07, 6.45) is 2.45. The zero-order valence-corrected chi connectivity index (χ0v) is 16.7. The lowest BCUT2D eigenvalue weighted by molar-refractivity contribution is -0.134. The third-order valence-electron chi connectivity index (χ3n) is 4.22. The minimum absolute atomic E-state index is 0. The van der Waals surface area contributed by atoms with E-state index in [-0.39, 0.29) is 24.9 Å². The molecular formula is C17H26Cl3N3O2. The third-order valence-corrected chi connectivity index (χ3v) is 4.96. The molecular weight excluding hydrogens is 385 g/mol. The molecule has 0 aliphatic carbocycles. The number of amides is 1. The number of halogens is 3. The smallest absolute Gasteiger partial charge is 0.242 e. The summed E-state index contributed by atoms with van der Waals surface area (Å²) >= 11 is 12.0. The Morgan fingerprint density at radius 2 is 2.00 bits per heavy atom. The van der Waals surface area contributed by atoms with Gasteiger partial charge in [-0.3, -0.25) is 4.79 Å². The van der Waals surface area contributed by atoms with Crippen molar-refractivity contribution in [1.29, 1.82) is 0 Å². The van der Waals surface area contributed by atoms with Crippen molar-refractivity contribution < 1.29 is 9.53 Å². The maximum atomic E-state index is 12.6. The maximum Gasteiger partial charge on any atom is 0.242 e. The number of hydrogen-bond donors (Lipinski definition) is 1. The Labute approximate surface area is 165 Å². The molecule has 1 aromatic carbocycles. The summed E-state index contributed by atoms with van der Waals surface area (Å²) in [6.45, 7) is 4.35. The molecule has 2 N–H and O–H groups in total. The van der Waals surface area contributed by atoms with Gasteiger partial charge in [-0.2, -0.15) is 0 Å². The highest BCUT2D eigenvalue weighted by Gasteiger charge is 2.22. The van der Waals surface area contributed by atoms with Crippen LogP contribution < -0.4 is 5.73 Å². The average molecular weight is 411 g/mol. The van der Waals surface area contributed by atoms with E-state index < -0.39 is 6.04 Å². The lowest BCUT2D eigenvalue weighted by atomic mass is 10.2. The number of rotatable bonds is 8. The number of hydrogen-bond acceptors (Lipinski definition) is 4. The van der Waals surface area contributed by atoms with E-state index in [1.165, 1.54) is 12.8 Å². The van der Waals surface area contributed by atoms with Gasteiger partial charge >= 0.3 is 0 Å². The Kier molecular flexibility index (Phi) is 10.1. The summed E-state index contributed by atoms with van der Waals surface area (Å²) in [5, 5.41) is 0.994. The largest absolute Gasteiger partial charge is 0.383 e. The van der Waals surface area contributed by atoms with E-state index in [0.29, 0.717) is 23.1 Å². The first-order valence-corrected chi connectivity index (χ1v) is 8.96. The number of ether oxygens (including phenoxy) is 1. The van der Waals surface area contributed by atoms with Crippen LogP contribution in [0.1, 0.15) is 18.4 Å². The lowest BCUT2D eigenvalue weighted by Gasteiger charge is -2.28. The zero-order valence-electron chi connectivity index (χ0n) is 14.4. The molecule has 0 radical (unpaired) electrons. The number of nitrogens with two attached hydrogens (primary N) is 1. The Morgan fingerprint density at radius 3 is 2.60 bits per heavy atom. The molecule has 8 heteroatoms. The van der Waals surface area contributed by atoms with Crippen molar-refractivity contribution in [3.05, 3.63) is 33.8 Å². The first kappa shape index (κ1) is 22.5. The van der Waals surface area contributed by atoms with E-state index in [0.717, 1.165) is 25.2 Å². The van der Waals surface area contributed by atoms with Gasteiger partial charge in [0.05, 0.1) is 16.7 Å². The summed E-state index contributed by atoms with van der Waals surface area (Å²) in [5.74, 6) is -0.109. The molecule has 2 rings (SSSR count). The predicted molar refractivity (Wildman–Crippen MR) is 105 cm³/mol. The highest BCUT2D eigenvalue weighted by atomic mass is 35.5. The van der Waals surface area contributed by atoms with E-state index >= 15 is 0 Å². The minimum atomic E-state index is -0.656. The summed E-state index contributed by atoms with van der Waals surface area (Å²) in [7, 11) is 1.54. The first-order chi connectivity index (χ1) is 11.5. The molecule has 1 amide bonds. The van der Waals surface area contributed by atoms with Gasteiger partial charge in [0.25, 0.3) is 0 Å². The SMILES string of the molecule is COCC(N)C(=O)N(CCN1CCCC1)Cc1ccc(Cl)c(Cl)c1.Cl. The molecule has 1 aliphatic heterocycles. The molecule has 0 aromatic heterocycles. The molecule has 1 unspecified atom stereocenters. The van der Waals surface area contributed by atoms with E-state index in [2.05, 4.69) is 4.90 Å². The molecule has 1 aromatic rings. The van der Waals surface area contributed by atoms with Crippen LogP contribution in [0.2, 0.25) is 10.0 Å². The Morgan fingerprint density at radius 1 is 1.32 bits per heavy atom. The van der Waals surface area contributed by atoms with Crippen LogP contribution in [0.3, 0.4) is 0 Å². The highest BCUT2D eigenvalue weighted by Crippen LogP contribution is 2.23. The molecule has 25 heavy (non-hydrogen) atoms. The molecule has 0 saturated carbocycles. The molecule has 1 fully saturated rings. The van der Waals surface area contributed by atoms with Crippen molar-refractivity contribution in [2.75, 3.05) is 39.9 Å². The Balaban J connectivity index is 0.00000312. The van der Waals surface area contributed by atoms with Crippen LogP contribution in [0.5, 0.6) is 0 Å². The first-order valence-electron chi connectivity index (χ1n) is 8.21. The van der Waals surface area contributed by atoms with Gasteiger partial charge in [0.1, 0.15) is 6.04 Å². The summed E-state index contributed by atoms with van der Waals surface area (Å²) in [5.41, 5.74) is 6.88. The Bertz CT molecular complexity index is 554. The van der Waals surface area contributed by atoms with E-state index in [1.54, 1.807) is 24.1 Å². The predicted octanol–water partition coefficient (Wildman–Crippen LogP) is 2.81. The molecule has 1 aliphatic rings. The van der Waals surface area contributed by atoms with Crippen LogP contribution in [-0.4, -0.2) is 61.6 Å². The number of benzene rings is 1. The maximum absolute atomic E-state index is 12.6. The molecule has 0 bridgehead atoms. The van der Waals surface area contributed by atoms with Crippen LogP contribution in [0.4, 0.5) is 0 Å². The van der Waals surface area contributed by atoms with E-state index in [9.17, 15) is 4.79 Å². The number of carbonyl (C=O) groups is 1. The third kappa shape index (κ3) is 6.93. The monoisotopic (exact) mass is 409 g/mol. The fourth-order valence-electron chi connectivity index (χ4n) is 2.88. The van der Waals surface area contributed by atoms with Gasteiger partial charge in [0.15, 0.2) is 0 Å². The quantitative estimate of drug-likeness (QED) is 0.716. The van der Waals surface area contributed by atoms with Gasteiger partial charge in [0, 0.05) is 26.7 Å². The summed E-state index contributed by atoms with van der Waals surface area (Å²) in [6, 6.07) is 4.77. The van der Waals surface area contributed by atoms with E-state index in [4.69, 9.17) is 33.7 Å². The second-order valence-electron chi connectivity index (χ2n) is 6.12. The van der Waals surface area contributed by atoms with Gasteiger partial charge in [0.2, 0.25) is 5.91 Å². The molecule has 5 nitrogen and oxygen atoms in total. The molecule has 0 spiro atoms. The van der Waals surface area contributed by atoms with Crippen molar-refractivity contribution in [2.45, 2.75) is 25.4 Å². The molecule has 1 heterocycles. The lowest BCUT2D eigenvalue weighted by Crippen LogP contribution is -2.47. The number of methoxy groups -OCH3 is 1. The topological polar surface area (TPSA) is 58.8 Å². The van der Waals surface area contributed by atoms with Gasteiger partial charge in [-0.05, 0) is 43.6 Å². The number of nitrogens with zero attached hydrogens (tertiary/aromatic N) is 2. The number of likely N-dealkylation sites (tertiary alicyclic amines) is 1. The fourth-order valence-corrected chi connectivity index (χ4v) is 3.20. The zero-order chi connectivity index (χ0) is 17.5. The van der Waals surface area contributed by atoms with Crippen LogP contribution in [0, 0.1) is 0 Å². The standard InChI is InChI=1S/C17H25Cl2N3O2.ClH/c1-24-12-16(20)17(23)22(9-8-21-6-2-3-7-21)11-13-4-5-14(18)15(19)10-13;/h4-5,10,16H,2-3,6-9,11-12,20H2,1H3;1H. The normalized spacial score (nSPS) is 15.7. The van der Waals surface area contributed by atoms with Crippen molar-refractivity contribution in [1.82, 2.24) is 9.80 Å². The average Bonchev–Trinajstić information content (AvgIpc) is 3.07. The molecule has 1 saturated heterocycles. The van der Waals surface area contributed by atoms with Gasteiger partial charge in [-0.15, -0.1) is 12.4 Å². The molecule has 1 atom stereocenters. The molecule has 142 valence electrons. The van der Waals surface area contributed by atoms with Crippen LogP contribution in [-0.2, 0) is 16.1 Å². The minimum Gasteiger partial charge on any atom is -0.383 e. The van der Waals surface area contributed by atoms with Crippen LogP contribution in [0.25, 0.3) is 0 Å². The van der Waals surface area contributed by atoms with E-state index in [1.807, 2.05) is 6.07 Å². The second-order valence-corrected chi connectivity index (χ2v) is 6.93. The van der Waals surface area contributed by atoms with Crippen LogP contribution >= 0.6 is 35.6 Å². The highest BCUT2D eigenvalue weighted by molar-refractivity contribution is 6.42. The summed E-state index contributed by atoms with van der Waals surface area (Å²) < 4.78 is 5.02. The summed E-state index contributed by atoms with van der Waals surface area (Å²) in [4.78, 5) is 16.8. The fraction of sp³-hybridized carbons (Fsp3) is 0.588. The van der Waals surface area contributed by atoms with Crippen molar-refractivity contribution in [3.63, 3.8) is 0 Å². The van der Waals surface area contributed by atoms with Crippen molar-refractivity contribution in [3.8, 4) is 0 Å². The van der Waals surface area contributed by atoms with Gasteiger partial charge in [-0.25, -0.2) is 0 Å². The van der Waals surface area contributed by atoms with Crippen LogP contribution in [0.15, 0.2) is 18.2 Å². The Hall–Kier alpha value is -0.560. The van der Waals surface area contributed by atoms with Gasteiger partial charge in [-0.1, -0.05) is 29.3 Å².